The summed E-state index contributed by atoms with van der Waals surface area (Å²) in [7, 11) is 0.846. The molecule has 32 heavy (non-hydrogen) atoms. The molecule has 1 amide bonds. The van der Waals surface area contributed by atoms with Crippen molar-refractivity contribution in [3.05, 3.63) is 83.9 Å². The Labute approximate surface area is 188 Å². The molecular formula is C24H26N2O5S. The van der Waals surface area contributed by atoms with E-state index >= 15 is 0 Å². The molecule has 3 aromatic rings. The number of hydrogen-bond acceptors (Lipinski definition) is 5. The van der Waals surface area contributed by atoms with Crippen molar-refractivity contribution in [3.8, 4) is 11.5 Å². The van der Waals surface area contributed by atoms with E-state index in [9.17, 15) is 13.2 Å². The number of nitrogens with one attached hydrogen (secondary N) is 1. The predicted octanol–water partition coefficient (Wildman–Crippen LogP) is 3.50. The molecule has 3 aromatic carbocycles. The van der Waals surface area contributed by atoms with Crippen LogP contribution >= 0.6 is 0 Å². The number of anilines is 1. The second-order valence-corrected chi connectivity index (χ2v) is 8.99. The van der Waals surface area contributed by atoms with E-state index in [0.29, 0.717) is 30.2 Å². The lowest BCUT2D eigenvalue weighted by Crippen LogP contribution is -2.28. The van der Waals surface area contributed by atoms with Crippen LogP contribution in [0.5, 0.6) is 11.5 Å². The van der Waals surface area contributed by atoms with Crippen LogP contribution in [0.3, 0.4) is 0 Å². The molecule has 168 valence electrons. The van der Waals surface area contributed by atoms with Gasteiger partial charge in [-0.1, -0.05) is 30.3 Å². The molecule has 3 rings (SSSR count). The molecule has 0 atom stereocenters. The molecule has 0 bridgehead atoms. The lowest BCUT2D eigenvalue weighted by molar-refractivity contribution is 0.0954. The molecule has 0 aliphatic heterocycles. The van der Waals surface area contributed by atoms with Crippen LogP contribution in [0.25, 0.3) is 0 Å². The van der Waals surface area contributed by atoms with Gasteiger partial charge in [0.2, 0.25) is 0 Å². The molecule has 0 unspecified atom stereocenters. The molecule has 0 fully saturated rings. The largest absolute Gasteiger partial charge is 0.497 e. The fourth-order valence-corrected chi connectivity index (χ4v) is 4.45. The zero-order chi connectivity index (χ0) is 23.1. The highest BCUT2D eigenvalue weighted by Gasteiger charge is 2.22. The first kappa shape index (κ1) is 23.1. The minimum Gasteiger partial charge on any atom is -0.497 e. The number of para-hydroxylation sites is 1. The maximum atomic E-state index is 13.0. The number of amides is 1. The van der Waals surface area contributed by atoms with E-state index in [2.05, 4.69) is 5.32 Å². The van der Waals surface area contributed by atoms with Crippen molar-refractivity contribution in [1.82, 2.24) is 5.32 Å². The van der Waals surface area contributed by atoms with Crippen molar-refractivity contribution >= 4 is 21.6 Å². The maximum Gasteiger partial charge on any atom is 0.264 e. The van der Waals surface area contributed by atoms with Gasteiger partial charge in [-0.25, -0.2) is 8.42 Å². The molecule has 7 nitrogen and oxygen atoms in total. The van der Waals surface area contributed by atoms with Crippen molar-refractivity contribution < 1.29 is 22.7 Å². The lowest BCUT2D eigenvalue weighted by Gasteiger charge is -2.19. The topological polar surface area (TPSA) is 84.9 Å². The number of ether oxygens (including phenoxy) is 2. The van der Waals surface area contributed by atoms with Crippen LogP contribution in [0.1, 0.15) is 15.9 Å². The van der Waals surface area contributed by atoms with Crippen LogP contribution in [0, 0.1) is 0 Å². The minimum atomic E-state index is -3.80. The SMILES string of the molecule is COc1ccc(CCNC(=O)c2cccc(S(=O)(=O)N(C)c3ccccc3)c2)c(OC)c1. The zero-order valence-corrected chi connectivity index (χ0v) is 19.1. The number of nitrogens with zero attached hydrogens (tertiary/aromatic N) is 1. The Bertz CT molecular complexity index is 1180. The Hall–Kier alpha value is -3.52. The predicted molar refractivity (Wildman–Crippen MR) is 124 cm³/mol. The van der Waals surface area contributed by atoms with Gasteiger partial charge < -0.3 is 14.8 Å². The first-order valence-electron chi connectivity index (χ1n) is 10.00. The molecule has 1 N–H and O–H groups in total. The Morgan fingerprint density at radius 2 is 1.69 bits per heavy atom. The number of hydrogen-bond donors (Lipinski definition) is 1. The first-order valence-corrected chi connectivity index (χ1v) is 11.4. The van der Waals surface area contributed by atoms with Crippen molar-refractivity contribution in [2.24, 2.45) is 0 Å². The number of sulfonamides is 1. The van der Waals surface area contributed by atoms with E-state index in [4.69, 9.17) is 9.47 Å². The summed E-state index contributed by atoms with van der Waals surface area (Å²) in [4.78, 5) is 12.7. The standard InChI is InChI=1S/C24H26N2O5S/c1-26(20-9-5-4-6-10-20)32(28,29)22-11-7-8-19(16-22)24(27)25-15-14-18-12-13-21(30-2)17-23(18)31-3/h4-13,16-17H,14-15H2,1-3H3,(H,25,27). The Balaban J connectivity index is 1.69. The van der Waals surface area contributed by atoms with Gasteiger partial charge in [0.1, 0.15) is 11.5 Å². The molecule has 0 aromatic heterocycles. The van der Waals surface area contributed by atoms with Gasteiger partial charge in [-0.05, 0) is 48.4 Å². The van der Waals surface area contributed by atoms with Gasteiger partial charge in [0, 0.05) is 25.2 Å². The van der Waals surface area contributed by atoms with E-state index in [1.807, 2.05) is 18.2 Å². The summed E-state index contributed by atoms with van der Waals surface area (Å²) in [6.07, 6.45) is 0.549. The Morgan fingerprint density at radius 1 is 0.938 bits per heavy atom. The van der Waals surface area contributed by atoms with E-state index < -0.39 is 10.0 Å². The lowest BCUT2D eigenvalue weighted by atomic mass is 10.1. The summed E-state index contributed by atoms with van der Waals surface area (Å²) >= 11 is 0. The summed E-state index contributed by atoms with van der Waals surface area (Å²) < 4.78 is 37.8. The summed E-state index contributed by atoms with van der Waals surface area (Å²) in [5, 5.41) is 2.83. The van der Waals surface area contributed by atoms with E-state index in [1.54, 1.807) is 56.7 Å². The third-order valence-corrected chi connectivity index (χ3v) is 6.83. The van der Waals surface area contributed by atoms with Gasteiger partial charge in [0.05, 0.1) is 24.8 Å². The molecular weight excluding hydrogens is 428 g/mol. The number of carbonyl (C=O) groups excluding carboxylic acids is 1. The van der Waals surface area contributed by atoms with Crippen LogP contribution in [0.4, 0.5) is 5.69 Å². The van der Waals surface area contributed by atoms with Crippen LogP contribution in [-0.2, 0) is 16.4 Å². The highest BCUT2D eigenvalue weighted by molar-refractivity contribution is 7.92. The average molecular weight is 455 g/mol. The minimum absolute atomic E-state index is 0.0494. The smallest absolute Gasteiger partial charge is 0.264 e. The second-order valence-electron chi connectivity index (χ2n) is 7.02. The van der Waals surface area contributed by atoms with Crippen LogP contribution < -0.4 is 19.1 Å². The highest BCUT2D eigenvalue weighted by Crippen LogP contribution is 2.25. The third-order valence-electron chi connectivity index (χ3n) is 5.05. The summed E-state index contributed by atoms with van der Waals surface area (Å²) in [6.45, 7) is 0.364. The molecule has 0 aliphatic carbocycles. The quantitative estimate of drug-likeness (QED) is 0.535. The van der Waals surface area contributed by atoms with E-state index in [-0.39, 0.29) is 16.4 Å². The van der Waals surface area contributed by atoms with Gasteiger partial charge in [0.15, 0.2) is 0 Å². The monoisotopic (exact) mass is 454 g/mol. The van der Waals surface area contributed by atoms with Gasteiger partial charge in [-0.2, -0.15) is 0 Å². The van der Waals surface area contributed by atoms with Crippen LogP contribution in [-0.4, -0.2) is 42.1 Å². The summed E-state index contributed by atoms with van der Waals surface area (Å²) in [5.74, 6) is 1.01. The van der Waals surface area contributed by atoms with Crippen molar-refractivity contribution in [2.75, 3.05) is 32.1 Å². The Kier molecular flexibility index (Phi) is 7.37. The molecule has 0 saturated carbocycles. The molecule has 0 saturated heterocycles. The van der Waals surface area contributed by atoms with Gasteiger partial charge in [-0.15, -0.1) is 0 Å². The van der Waals surface area contributed by atoms with E-state index in [0.717, 1.165) is 5.56 Å². The van der Waals surface area contributed by atoms with Gasteiger partial charge in [-0.3, -0.25) is 9.10 Å². The van der Waals surface area contributed by atoms with Crippen molar-refractivity contribution in [3.63, 3.8) is 0 Å². The van der Waals surface area contributed by atoms with Crippen LogP contribution in [0.2, 0.25) is 0 Å². The average Bonchev–Trinajstić information content (AvgIpc) is 2.84. The van der Waals surface area contributed by atoms with Gasteiger partial charge in [0.25, 0.3) is 15.9 Å². The number of rotatable bonds is 9. The van der Waals surface area contributed by atoms with E-state index in [1.165, 1.54) is 23.5 Å². The molecule has 0 aliphatic rings. The molecule has 0 spiro atoms. The number of methoxy groups -OCH3 is 2. The first-order chi connectivity index (χ1) is 15.4. The van der Waals surface area contributed by atoms with Gasteiger partial charge >= 0.3 is 0 Å². The number of benzene rings is 3. The third kappa shape index (κ3) is 5.20. The Morgan fingerprint density at radius 3 is 2.38 bits per heavy atom. The molecule has 8 heteroatoms. The highest BCUT2D eigenvalue weighted by atomic mass is 32.2. The summed E-state index contributed by atoms with van der Waals surface area (Å²) in [6, 6.07) is 20.3. The van der Waals surface area contributed by atoms with Crippen LogP contribution in [0.15, 0.2) is 77.7 Å². The van der Waals surface area contributed by atoms with Crippen molar-refractivity contribution in [1.29, 1.82) is 0 Å². The normalized spacial score (nSPS) is 11.0. The van der Waals surface area contributed by atoms with Crippen molar-refractivity contribution in [2.45, 2.75) is 11.3 Å². The maximum absolute atomic E-state index is 13.0. The molecule has 0 heterocycles. The zero-order valence-electron chi connectivity index (χ0n) is 18.2. The summed E-state index contributed by atoms with van der Waals surface area (Å²) in [5.41, 5.74) is 1.74. The fourth-order valence-electron chi connectivity index (χ4n) is 3.20. The second kappa shape index (κ2) is 10.2. The molecule has 0 radical (unpaired) electrons. The fraction of sp³-hybridized carbons (Fsp3) is 0.208. The number of carbonyl (C=O) groups is 1.